The maximum atomic E-state index is 14.2. The second-order valence-electron chi connectivity index (χ2n) is 4.43. The summed E-state index contributed by atoms with van der Waals surface area (Å²) in [4.78, 5) is 4.32. The maximum absolute atomic E-state index is 14.2. The second kappa shape index (κ2) is 5.37. The summed E-state index contributed by atoms with van der Waals surface area (Å²) in [5.74, 6) is 0.466. The molecule has 0 atom stereocenters. The first-order valence-corrected chi connectivity index (χ1v) is 7.27. The molecule has 2 aromatic carbocycles. The molecule has 0 fully saturated rings. The van der Waals surface area contributed by atoms with E-state index in [1.807, 2.05) is 25.1 Å². The van der Waals surface area contributed by atoms with Gasteiger partial charge in [-0.3, -0.25) is 4.57 Å². The molecule has 0 saturated carbocycles. The average molecular weight is 350 g/mol. The van der Waals surface area contributed by atoms with Crippen LogP contribution in [0, 0.1) is 5.82 Å². The average Bonchev–Trinajstić information content (AvgIpc) is 2.77. The van der Waals surface area contributed by atoms with E-state index in [2.05, 4.69) is 20.9 Å². The molecule has 0 spiro atoms. The van der Waals surface area contributed by atoms with Crippen LogP contribution in [-0.2, 0) is 0 Å². The van der Waals surface area contributed by atoms with Crippen LogP contribution in [0.1, 0.15) is 6.92 Å². The Morgan fingerprint density at radius 2 is 2.05 bits per heavy atom. The monoisotopic (exact) mass is 349 g/mol. The van der Waals surface area contributed by atoms with Crippen LogP contribution >= 0.6 is 15.9 Å². The number of fused-ring (bicyclic) bond motifs is 1. The number of halogens is 2. The van der Waals surface area contributed by atoms with Crippen molar-refractivity contribution in [2.45, 2.75) is 6.92 Å². The fourth-order valence-corrected chi connectivity index (χ4v) is 2.82. The Kier molecular flexibility index (Phi) is 3.55. The van der Waals surface area contributed by atoms with Gasteiger partial charge in [0, 0.05) is 4.47 Å². The number of aromatic nitrogens is 2. The molecular formula is C15H13BrFN3O. The fraction of sp³-hybridized carbons (Fsp3) is 0.133. The summed E-state index contributed by atoms with van der Waals surface area (Å²) < 4.78 is 21.9. The summed E-state index contributed by atoms with van der Waals surface area (Å²) >= 11 is 3.36. The number of ether oxygens (including phenoxy) is 1. The Hall–Kier alpha value is -2.08. The number of imidazole rings is 1. The van der Waals surface area contributed by atoms with Gasteiger partial charge in [-0.05, 0) is 47.1 Å². The fourth-order valence-electron chi connectivity index (χ4n) is 2.30. The quantitative estimate of drug-likeness (QED) is 0.779. The summed E-state index contributed by atoms with van der Waals surface area (Å²) in [6.07, 6.45) is 0. The van der Waals surface area contributed by atoms with Crippen molar-refractivity contribution < 1.29 is 9.13 Å². The van der Waals surface area contributed by atoms with Gasteiger partial charge in [-0.1, -0.05) is 12.1 Å². The Balaban J connectivity index is 2.34. The minimum Gasteiger partial charge on any atom is -0.492 e. The molecule has 0 aliphatic carbocycles. The van der Waals surface area contributed by atoms with Gasteiger partial charge in [-0.2, -0.15) is 0 Å². The topological polar surface area (TPSA) is 53.1 Å². The second-order valence-corrected chi connectivity index (χ2v) is 5.29. The lowest BCUT2D eigenvalue weighted by Gasteiger charge is -2.10. The van der Waals surface area contributed by atoms with Crippen LogP contribution in [0.15, 0.2) is 40.9 Å². The minimum absolute atomic E-state index is 0.211. The van der Waals surface area contributed by atoms with Crippen molar-refractivity contribution >= 4 is 32.9 Å². The van der Waals surface area contributed by atoms with Gasteiger partial charge in [0.15, 0.2) is 0 Å². The summed E-state index contributed by atoms with van der Waals surface area (Å²) in [5.41, 5.74) is 7.65. The standard InChI is InChI=1S/C15H13BrFN3O/c1-2-21-12-8-4-7-11-13(12)19-15(18)20(11)14-9(16)5-3-6-10(14)17/h3-8H,2H2,1H3,(H2,18,19). The van der Waals surface area contributed by atoms with Crippen LogP contribution in [0.4, 0.5) is 10.3 Å². The highest BCUT2D eigenvalue weighted by atomic mass is 79.9. The molecule has 2 N–H and O–H groups in total. The highest BCUT2D eigenvalue weighted by molar-refractivity contribution is 9.10. The van der Waals surface area contributed by atoms with Gasteiger partial charge in [-0.15, -0.1) is 0 Å². The van der Waals surface area contributed by atoms with Crippen LogP contribution in [-0.4, -0.2) is 16.2 Å². The lowest BCUT2D eigenvalue weighted by atomic mass is 10.2. The third kappa shape index (κ3) is 2.25. The van der Waals surface area contributed by atoms with E-state index < -0.39 is 0 Å². The van der Waals surface area contributed by atoms with Crippen LogP contribution in [0.3, 0.4) is 0 Å². The van der Waals surface area contributed by atoms with E-state index in [1.54, 1.807) is 16.7 Å². The Morgan fingerprint density at radius 3 is 2.76 bits per heavy atom. The molecule has 4 nitrogen and oxygen atoms in total. The lowest BCUT2D eigenvalue weighted by Crippen LogP contribution is -2.03. The van der Waals surface area contributed by atoms with E-state index >= 15 is 0 Å². The van der Waals surface area contributed by atoms with E-state index in [-0.39, 0.29) is 11.8 Å². The smallest absolute Gasteiger partial charge is 0.206 e. The molecular weight excluding hydrogens is 337 g/mol. The molecule has 3 aromatic rings. The van der Waals surface area contributed by atoms with E-state index in [9.17, 15) is 4.39 Å². The zero-order valence-corrected chi connectivity index (χ0v) is 12.9. The molecule has 3 rings (SSSR count). The van der Waals surface area contributed by atoms with Crippen LogP contribution < -0.4 is 10.5 Å². The molecule has 0 radical (unpaired) electrons. The summed E-state index contributed by atoms with van der Waals surface area (Å²) in [6.45, 7) is 2.42. The van der Waals surface area contributed by atoms with Crippen LogP contribution in [0.25, 0.3) is 16.7 Å². The lowest BCUT2D eigenvalue weighted by molar-refractivity contribution is 0.344. The number of nitrogen functional groups attached to an aromatic ring is 1. The van der Waals surface area contributed by atoms with Crippen molar-refractivity contribution in [1.29, 1.82) is 0 Å². The Bertz CT molecular complexity index is 796. The van der Waals surface area contributed by atoms with Gasteiger partial charge in [0.2, 0.25) is 5.95 Å². The van der Waals surface area contributed by atoms with Gasteiger partial charge in [0.25, 0.3) is 0 Å². The van der Waals surface area contributed by atoms with E-state index in [4.69, 9.17) is 10.5 Å². The number of para-hydroxylation sites is 2. The number of hydrogen-bond acceptors (Lipinski definition) is 3. The molecule has 1 aromatic heterocycles. The SMILES string of the molecule is CCOc1cccc2c1nc(N)n2-c1c(F)cccc1Br. The zero-order chi connectivity index (χ0) is 15.0. The number of hydrogen-bond donors (Lipinski definition) is 1. The predicted octanol–water partition coefficient (Wildman–Crippen LogP) is 3.91. The Morgan fingerprint density at radius 1 is 1.29 bits per heavy atom. The third-order valence-corrected chi connectivity index (χ3v) is 3.77. The maximum Gasteiger partial charge on any atom is 0.206 e. The largest absolute Gasteiger partial charge is 0.492 e. The van der Waals surface area contributed by atoms with Crippen molar-refractivity contribution in [3.63, 3.8) is 0 Å². The number of benzene rings is 2. The summed E-state index contributed by atoms with van der Waals surface area (Å²) in [6, 6.07) is 10.3. The number of rotatable bonds is 3. The molecule has 0 amide bonds. The van der Waals surface area contributed by atoms with Gasteiger partial charge in [0.1, 0.15) is 17.1 Å². The predicted molar refractivity (Wildman–Crippen MR) is 84.3 cm³/mol. The number of nitrogens with zero attached hydrogens (tertiary/aromatic N) is 2. The molecule has 108 valence electrons. The Labute approximate surface area is 129 Å². The van der Waals surface area contributed by atoms with Crippen molar-refractivity contribution in [2.75, 3.05) is 12.3 Å². The van der Waals surface area contributed by atoms with Crippen molar-refractivity contribution in [3.8, 4) is 11.4 Å². The molecule has 0 aliphatic rings. The first kappa shape index (κ1) is 13.9. The summed E-state index contributed by atoms with van der Waals surface area (Å²) in [7, 11) is 0. The van der Waals surface area contributed by atoms with Crippen LogP contribution in [0.2, 0.25) is 0 Å². The van der Waals surface area contributed by atoms with Crippen LogP contribution in [0.5, 0.6) is 5.75 Å². The van der Waals surface area contributed by atoms with Gasteiger partial charge in [-0.25, -0.2) is 9.37 Å². The normalized spacial score (nSPS) is 11.0. The van der Waals surface area contributed by atoms with Crippen molar-refractivity contribution in [2.24, 2.45) is 0 Å². The minimum atomic E-state index is -0.378. The van der Waals surface area contributed by atoms with Gasteiger partial charge in [0.05, 0.1) is 17.8 Å². The van der Waals surface area contributed by atoms with Gasteiger partial charge >= 0.3 is 0 Å². The highest BCUT2D eigenvalue weighted by Gasteiger charge is 2.18. The molecule has 6 heteroatoms. The third-order valence-electron chi connectivity index (χ3n) is 3.14. The van der Waals surface area contributed by atoms with E-state index in [0.29, 0.717) is 33.5 Å². The molecule has 21 heavy (non-hydrogen) atoms. The molecule has 0 unspecified atom stereocenters. The molecule has 0 bridgehead atoms. The zero-order valence-electron chi connectivity index (χ0n) is 11.3. The first-order valence-electron chi connectivity index (χ1n) is 6.47. The number of anilines is 1. The molecule has 1 heterocycles. The highest BCUT2D eigenvalue weighted by Crippen LogP contribution is 2.33. The van der Waals surface area contributed by atoms with Crippen molar-refractivity contribution in [3.05, 3.63) is 46.7 Å². The summed E-state index contributed by atoms with van der Waals surface area (Å²) in [5, 5.41) is 0. The number of nitrogens with two attached hydrogens (primary N) is 1. The first-order chi connectivity index (χ1) is 10.1. The molecule has 0 saturated heterocycles. The van der Waals surface area contributed by atoms with E-state index in [1.165, 1.54) is 6.07 Å². The van der Waals surface area contributed by atoms with E-state index in [0.717, 1.165) is 0 Å². The van der Waals surface area contributed by atoms with Gasteiger partial charge < -0.3 is 10.5 Å². The molecule has 0 aliphatic heterocycles. The van der Waals surface area contributed by atoms with Crippen molar-refractivity contribution in [1.82, 2.24) is 9.55 Å².